The summed E-state index contributed by atoms with van der Waals surface area (Å²) in [5.41, 5.74) is 0. The molecule has 1 saturated heterocycles. The largest absolute Gasteiger partial charge is 0.394 e. The van der Waals surface area contributed by atoms with Gasteiger partial charge in [-0.2, -0.15) is 0 Å². The average molecular weight is 558 g/mol. The number of hydrogen-bond donors (Lipinski definition) is 6. The van der Waals surface area contributed by atoms with Crippen LogP contribution in [0.5, 0.6) is 0 Å². The summed E-state index contributed by atoms with van der Waals surface area (Å²) in [5, 5.41) is 52.6. The maximum absolute atomic E-state index is 12.0. The van der Waals surface area contributed by atoms with Crippen LogP contribution in [0, 0.1) is 0 Å². The third-order valence-electron chi connectivity index (χ3n) is 7.09. The van der Waals surface area contributed by atoms with Gasteiger partial charge in [0.15, 0.2) is 6.29 Å². The lowest BCUT2D eigenvalue weighted by Gasteiger charge is -2.40. The van der Waals surface area contributed by atoms with E-state index in [1.165, 1.54) is 64.2 Å². The van der Waals surface area contributed by atoms with Crippen molar-refractivity contribution >= 4 is 5.91 Å². The third kappa shape index (κ3) is 15.3. The fraction of sp³-hybridized carbons (Fsp3) is 0.833. The number of aliphatic hydroxyl groups excluding tert-OH is 5. The first kappa shape index (κ1) is 35.7. The molecule has 0 aromatic rings. The van der Waals surface area contributed by atoms with Crippen LogP contribution in [0.1, 0.15) is 104 Å². The summed E-state index contributed by atoms with van der Waals surface area (Å²) in [4.78, 5) is 12.0. The first-order valence-corrected chi connectivity index (χ1v) is 15.1. The number of unbranched alkanes of at least 4 members (excludes halogenated alkanes) is 11. The Morgan fingerprint density at radius 1 is 0.846 bits per heavy atom. The Morgan fingerprint density at radius 2 is 1.44 bits per heavy atom. The topological polar surface area (TPSA) is 149 Å². The van der Waals surface area contributed by atoms with E-state index in [0.29, 0.717) is 0 Å². The van der Waals surface area contributed by atoms with Crippen LogP contribution in [0.3, 0.4) is 0 Å². The lowest BCUT2D eigenvalue weighted by atomic mass is 9.99. The molecule has 1 rings (SSSR count). The summed E-state index contributed by atoms with van der Waals surface area (Å²) in [6, 6.07) is -0.812. The van der Waals surface area contributed by atoms with Gasteiger partial charge in [-0.1, -0.05) is 95.9 Å². The van der Waals surface area contributed by atoms with Crippen molar-refractivity contribution in [2.75, 3.05) is 13.2 Å². The Morgan fingerprint density at radius 3 is 2.05 bits per heavy atom. The van der Waals surface area contributed by atoms with Crippen molar-refractivity contribution in [1.29, 1.82) is 0 Å². The summed E-state index contributed by atoms with van der Waals surface area (Å²) in [6.45, 7) is 3.16. The predicted octanol–water partition coefficient (Wildman–Crippen LogP) is 3.26. The molecule has 7 unspecified atom stereocenters. The number of amides is 1. The van der Waals surface area contributed by atoms with Crippen LogP contribution < -0.4 is 5.32 Å². The molecule has 9 heteroatoms. The maximum atomic E-state index is 12.0. The van der Waals surface area contributed by atoms with E-state index in [2.05, 4.69) is 24.4 Å². The minimum Gasteiger partial charge on any atom is -0.394 e. The van der Waals surface area contributed by atoms with Gasteiger partial charge >= 0.3 is 0 Å². The molecule has 0 aromatic carbocycles. The van der Waals surface area contributed by atoms with Crippen LogP contribution >= 0.6 is 0 Å². The maximum Gasteiger partial charge on any atom is 0.220 e. The molecule has 1 fully saturated rings. The zero-order valence-electron chi connectivity index (χ0n) is 24.1. The quantitative estimate of drug-likeness (QED) is 0.0878. The first-order chi connectivity index (χ1) is 18.8. The number of carbonyl (C=O) groups is 1. The van der Waals surface area contributed by atoms with Gasteiger partial charge in [-0.25, -0.2) is 0 Å². The molecule has 7 atom stereocenters. The van der Waals surface area contributed by atoms with Gasteiger partial charge in [0.2, 0.25) is 5.91 Å². The molecule has 39 heavy (non-hydrogen) atoms. The standard InChI is InChI=1S/C30H55NO8/c1-3-5-6-7-8-9-10-11-12-13-14-15-16-17-18-19-20-24(33)23(31-26(34)4-2)22-38-30-29(37)28(36)27(35)25(21-32)39-30/h15-16,19-20,23-25,27-30,32-33,35-37H,3-14,17-18,21-22H2,1-2H3,(H,31,34)/b16-15+,20-19+. The molecular formula is C30H55NO8. The van der Waals surface area contributed by atoms with Crippen LogP contribution in [0.4, 0.5) is 0 Å². The number of nitrogens with one attached hydrogen (secondary N) is 1. The van der Waals surface area contributed by atoms with Crippen molar-refractivity contribution in [3.05, 3.63) is 24.3 Å². The summed E-state index contributed by atoms with van der Waals surface area (Å²) in [7, 11) is 0. The van der Waals surface area contributed by atoms with E-state index in [1.54, 1.807) is 13.0 Å². The third-order valence-corrected chi connectivity index (χ3v) is 7.09. The van der Waals surface area contributed by atoms with Crippen LogP contribution in [-0.4, -0.2) is 87.5 Å². The minimum atomic E-state index is -1.56. The zero-order chi connectivity index (χ0) is 28.9. The number of ether oxygens (including phenoxy) is 2. The molecule has 9 nitrogen and oxygen atoms in total. The van der Waals surface area contributed by atoms with Gasteiger partial charge in [-0.3, -0.25) is 4.79 Å². The van der Waals surface area contributed by atoms with Crippen molar-refractivity contribution < 1.29 is 39.8 Å². The Hall–Kier alpha value is -1.33. The van der Waals surface area contributed by atoms with Crippen molar-refractivity contribution in [3.63, 3.8) is 0 Å². The summed E-state index contributed by atoms with van der Waals surface area (Å²) < 4.78 is 10.9. The van der Waals surface area contributed by atoms with E-state index in [0.717, 1.165) is 19.3 Å². The van der Waals surface area contributed by atoms with Gasteiger partial charge in [-0.05, 0) is 25.7 Å². The number of aliphatic hydroxyl groups is 5. The second-order valence-electron chi connectivity index (χ2n) is 10.5. The van der Waals surface area contributed by atoms with E-state index in [-0.39, 0.29) is 18.9 Å². The van der Waals surface area contributed by atoms with E-state index < -0.39 is 49.5 Å². The van der Waals surface area contributed by atoms with Gasteiger partial charge in [-0.15, -0.1) is 0 Å². The molecule has 1 aliphatic heterocycles. The Balaban J connectivity index is 2.32. The predicted molar refractivity (Wildman–Crippen MR) is 152 cm³/mol. The monoisotopic (exact) mass is 557 g/mol. The highest BCUT2D eigenvalue weighted by molar-refractivity contribution is 5.75. The van der Waals surface area contributed by atoms with Gasteiger partial charge < -0.3 is 40.3 Å². The fourth-order valence-corrected chi connectivity index (χ4v) is 4.49. The van der Waals surface area contributed by atoms with Crippen molar-refractivity contribution in [2.45, 2.75) is 147 Å². The van der Waals surface area contributed by atoms with E-state index in [9.17, 15) is 30.3 Å². The molecule has 1 aliphatic rings. The van der Waals surface area contributed by atoms with Gasteiger partial charge in [0.05, 0.1) is 25.4 Å². The Kier molecular flexibility index (Phi) is 20.5. The number of hydrogen-bond acceptors (Lipinski definition) is 8. The van der Waals surface area contributed by atoms with Gasteiger partial charge in [0, 0.05) is 6.42 Å². The highest BCUT2D eigenvalue weighted by atomic mass is 16.7. The summed E-state index contributed by atoms with van der Waals surface area (Å²) in [5.74, 6) is -0.278. The molecule has 228 valence electrons. The second-order valence-corrected chi connectivity index (χ2v) is 10.5. The SMILES string of the molecule is CCCCCCCCCCCC/C=C/CC/C=C/C(O)C(COC1OC(CO)C(O)C(O)C1O)NC(=O)CC. The molecule has 6 N–H and O–H groups in total. The molecule has 0 aromatic heterocycles. The highest BCUT2D eigenvalue weighted by Gasteiger charge is 2.44. The van der Waals surface area contributed by atoms with Crippen LogP contribution in [0.15, 0.2) is 24.3 Å². The summed E-state index contributed by atoms with van der Waals surface area (Å²) in [6.07, 6.45) is 16.0. The van der Waals surface area contributed by atoms with E-state index >= 15 is 0 Å². The molecule has 0 saturated carbocycles. The van der Waals surface area contributed by atoms with Crippen LogP contribution in [0.2, 0.25) is 0 Å². The van der Waals surface area contributed by atoms with Crippen molar-refractivity contribution in [1.82, 2.24) is 5.32 Å². The minimum absolute atomic E-state index is 0.210. The molecular weight excluding hydrogens is 502 g/mol. The Labute approximate surface area is 235 Å². The number of carbonyl (C=O) groups excluding carboxylic acids is 1. The number of rotatable bonds is 22. The molecule has 0 radical (unpaired) electrons. The Bertz CT molecular complexity index is 671. The van der Waals surface area contributed by atoms with Crippen LogP contribution in [-0.2, 0) is 14.3 Å². The van der Waals surface area contributed by atoms with E-state index in [4.69, 9.17) is 9.47 Å². The fourth-order valence-electron chi connectivity index (χ4n) is 4.49. The van der Waals surface area contributed by atoms with Gasteiger partial charge in [0.25, 0.3) is 0 Å². The normalized spacial score (nSPS) is 25.4. The first-order valence-electron chi connectivity index (χ1n) is 15.1. The molecule has 1 amide bonds. The highest BCUT2D eigenvalue weighted by Crippen LogP contribution is 2.22. The molecule has 1 heterocycles. The zero-order valence-corrected chi connectivity index (χ0v) is 24.1. The molecule has 0 aliphatic carbocycles. The molecule has 0 bridgehead atoms. The van der Waals surface area contributed by atoms with Crippen molar-refractivity contribution in [2.24, 2.45) is 0 Å². The van der Waals surface area contributed by atoms with Crippen molar-refractivity contribution in [3.8, 4) is 0 Å². The van der Waals surface area contributed by atoms with E-state index in [1.807, 2.05) is 6.08 Å². The van der Waals surface area contributed by atoms with Crippen LogP contribution in [0.25, 0.3) is 0 Å². The lowest BCUT2D eigenvalue weighted by Crippen LogP contribution is -2.60. The van der Waals surface area contributed by atoms with Gasteiger partial charge in [0.1, 0.15) is 24.4 Å². The lowest BCUT2D eigenvalue weighted by molar-refractivity contribution is -0.302. The number of allylic oxidation sites excluding steroid dienone is 3. The average Bonchev–Trinajstić information content (AvgIpc) is 2.94. The second kappa shape index (κ2) is 22.4. The molecule has 0 spiro atoms. The summed E-state index contributed by atoms with van der Waals surface area (Å²) >= 11 is 0. The smallest absolute Gasteiger partial charge is 0.220 e.